The zero-order valence-electron chi connectivity index (χ0n) is 14.7. The van der Waals surface area contributed by atoms with Crippen molar-refractivity contribution in [2.24, 2.45) is 0 Å². The van der Waals surface area contributed by atoms with Crippen LogP contribution in [0.3, 0.4) is 0 Å². The molecule has 1 saturated carbocycles. The number of ether oxygens (including phenoxy) is 1. The first-order chi connectivity index (χ1) is 12.7. The number of carbonyl (C=O) groups excluding carboxylic acids is 2. The zero-order valence-corrected chi connectivity index (χ0v) is 14.7. The predicted molar refractivity (Wildman–Crippen MR) is 94.4 cm³/mol. The fourth-order valence-electron chi connectivity index (χ4n) is 3.29. The van der Waals surface area contributed by atoms with Crippen molar-refractivity contribution in [3.8, 4) is 0 Å². The summed E-state index contributed by atoms with van der Waals surface area (Å²) in [4.78, 5) is 32.4. The van der Waals surface area contributed by atoms with Gasteiger partial charge in [-0.15, -0.1) is 0 Å². The van der Waals surface area contributed by atoms with E-state index < -0.39 is 0 Å². The summed E-state index contributed by atoms with van der Waals surface area (Å²) in [6.45, 7) is 2.74. The highest BCUT2D eigenvalue weighted by atomic mass is 16.5. The van der Waals surface area contributed by atoms with Crippen LogP contribution in [0.5, 0.6) is 0 Å². The molecule has 7 heteroatoms. The van der Waals surface area contributed by atoms with Crippen LogP contribution in [0.2, 0.25) is 0 Å². The normalized spacial score (nSPS) is 17.3. The summed E-state index contributed by atoms with van der Waals surface area (Å²) < 4.78 is 10.1. The highest BCUT2D eigenvalue weighted by Gasteiger charge is 2.34. The van der Waals surface area contributed by atoms with Gasteiger partial charge in [-0.2, -0.15) is 0 Å². The van der Waals surface area contributed by atoms with Gasteiger partial charge < -0.3 is 19.0 Å². The summed E-state index contributed by atoms with van der Waals surface area (Å²) in [6.07, 6.45) is 3.52. The standard InChI is InChI=1S/C19H21N3O4/c1-25-19(24)14-4-6-15(7-5-14)21-8-10-22(11-9-21)18(23)16-17(13-2-3-13)26-12-20-16/h4-7,12-13H,2-3,8-11H2,1H3. The quantitative estimate of drug-likeness (QED) is 0.784. The molecular weight excluding hydrogens is 334 g/mol. The monoisotopic (exact) mass is 355 g/mol. The van der Waals surface area contributed by atoms with Gasteiger partial charge in [-0.25, -0.2) is 9.78 Å². The highest BCUT2D eigenvalue weighted by Crippen LogP contribution is 2.41. The maximum Gasteiger partial charge on any atom is 0.337 e. The number of nitrogens with zero attached hydrogens (tertiary/aromatic N) is 3. The van der Waals surface area contributed by atoms with E-state index >= 15 is 0 Å². The van der Waals surface area contributed by atoms with Crippen molar-refractivity contribution in [2.45, 2.75) is 18.8 Å². The van der Waals surface area contributed by atoms with Crippen LogP contribution in [0.4, 0.5) is 5.69 Å². The second-order valence-corrected chi connectivity index (χ2v) is 6.66. The van der Waals surface area contributed by atoms with Crippen LogP contribution in [-0.2, 0) is 4.74 Å². The Morgan fingerprint density at radius 1 is 1.12 bits per heavy atom. The number of carbonyl (C=O) groups is 2. The number of aromatic nitrogens is 1. The van der Waals surface area contributed by atoms with Gasteiger partial charge in [-0.3, -0.25) is 4.79 Å². The molecule has 1 aromatic carbocycles. The molecule has 0 bridgehead atoms. The van der Waals surface area contributed by atoms with Gasteiger partial charge in [0.25, 0.3) is 5.91 Å². The van der Waals surface area contributed by atoms with Crippen LogP contribution in [0.15, 0.2) is 35.1 Å². The lowest BCUT2D eigenvalue weighted by Crippen LogP contribution is -2.49. The Bertz CT molecular complexity index is 802. The third kappa shape index (κ3) is 3.16. The van der Waals surface area contributed by atoms with Crippen molar-refractivity contribution >= 4 is 17.6 Å². The average molecular weight is 355 g/mol. The van der Waals surface area contributed by atoms with Crippen molar-refractivity contribution in [1.82, 2.24) is 9.88 Å². The van der Waals surface area contributed by atoms with Crippen molar-refractivity contribution in [3.63, 3.8) is 0 Å². The SMILES string of the molecule is COC(=O)c1ccc(N2CCN(C(=O)c3ncoc3C3CC3)CC2)cc1. The molecule has 4 rings (SSSR count). The average Bonchev–Trinajstić information content (AvgIpc) is 3.43. The van der Waals surface area contributed by atoms with Gasteiger partial charge in [0.2, 0.25) is 0 Å². The molecule has 2 fully saturated rings. The minimum atomic E-state index is -0.342. The number of piperazine rings is 1. The summed E-state index contributed by atoms with van der Waals surface area (Å²) in [7, 11) is 1.37. The van der Waals surface area contributed by atoms with Crippen molar-refractivity contribution < 1.29 is 18.7 Å². The van der Waals surface area contributed by atoms with E-state index in [1.807, 2.05) is 17.0 Å². The van der Waals surface area contributed by atoms with Crippen molar-refractivity contribution in [3.05, 3.63) is 47.7 Å². The smallest absolute Gasteiger partial charge is 0.337 e. The molecule has 1 aromatic heterocycles. The first-order valence-corrected chi connectivity index (χ1v) is 8.83. The molecule has 0 N–H and O–H groups in total. The summed E-state index contributed by atoms with van der Waals surface area (Å²) in [6, 6.07) is 7.34. The van der Waals surface area contributed by atoms with E-state index in [-0.39, 0.29) is 11.9 Å². The lowest BCUT2D eigenvalue weighted by molar-refractivity contribution is 0.0600. The number of esters is 1. The lowest BCUT2D eigenvalue weighted by Gasteiger charge is -2.36. The zero-order chi connectivity index (χ0) is 18.1. The molecule has 1 aliphatic carbocycles. The molecular formula is C19H21N3O4. The maximum atomic E-state index is 12.7. The van der Waals surface area contributed by atoms with E-state index in [0.29, 0.717) is 30.3 Å². The first-order valence-electron chi connectivity index (χ1n) is 8.83. The number of oxazole rings is 1. The van der Waals surface area contributed by atoms with Crippen LogP contribution >= 0.6 is 0 Å². The van der Waals surface area contributed by atoms with E-state index in [1.54, 1.807) is 12.1 Å². The second-order valence-electron chi connectivity index (χ2n) is 6.66. The van der Waals surface area contributed by atoms with Gasteiger partial charge in [0.05, 0.1) is 12.7 Å². The van der Waals surface area contributed by atoms with Crippen LogP contribution in [-0.4, -0.2) is 55.0 Å². The minimum absolute atomic E-state index is 0.0404. The molecule has 0 atom stereocenters. The number of amides is 1. The van der Waals surface area contributed by atoms with E-state index in [9.17, 15) is 9.59 Å². The van der Waals surface area contributed by atoms with Crippen LogP contribution < -0.4 is 4.90 Å². The Hall–Kier alpha value is -2.83. The molecule has 1 aliphatic heterocycles. The largest absolute Gasteiger partial charge is 0.465 e. The molecule has 7 nitrogen and oxygen atoms in total. The molecule has 0 radical (unpaired) electrons. The van der Waals surface area contributed by atoms with Crippen LogP contribution in [0.25, 0.3) is 0 Å². The summed E-state index contributed by atoms with van der Waals surface area (Å²) in [5.74, 6) is 0.731. The Labute approximate surface area is 151 Å². The van der Waals surface area contributed by atoms with Crippen molar-refractivity contribution in [1.29, 1.82) is 0 Å². The Balaban J connectivity index is 1.38. The Kier molecular flexibility index (Phi) is 4.36. The molecule has 1 amide bonds. The molecule has 2 heterocycles. The fraction of sp³-hybridized carbons (Fsp3) is 0.421. The number of hydrogen-bond acceptors (Lipinski definition) is 6. The topological polar surface area (TPSA) is 75.9 Å². The number of benzene rings is 1. The molecule has 1 saturated heterocycles. The van der Waals surface area contributed by atoms with Gasteiger partial charge in [0, 0.05) is 37.8 Å². The second kappa shape index (κ2) is 6.82. The van der Waals surface area contributed by atoms with Gasteiger partial charge in [0.15, 0.2) is 12.1 Å². The lowest BCUT2D eigenvalue weighted by atomic mass is 10.1. The number of anilines is 1. The molecule has 2 aromatic rings. The van der Waals surface area contributed by atoms with E-state index in [4.69, 9.17) is 9.15 Å². The predicted octanol–water partition coefficient (Wildman–Crippen LogP) is 2.30. The third-order valence-electron chi connectivity index (χ3n) is 4.97. The summed E-state index contributed by atoms with van der Waals surface area (Å²) >= 11 is 0. The Morgan fingerprint density at radius 3 is 2.42 bits per heavy atom. The highest BCUT2D eigenvalue weighted by molar-refractivity contribution is 5.93. The molecule has 0 spiro atoms. The van der Waals surface area contributed by atoms with Gasteiger partial charge in [0.1, 0.15) is 5.76 Å². The van der Waals surface area contributed by atoms with Crippen molar-refractivity contribution in [2.75, 3.05) is 38.2 Å². The van der Waals surface area contributed by atoms with Gasteiger partial charge >= 0.3 is 5.97 Å². The number of methoxy groups -OCH3 is 1. The van der Waals surface area contributed by atoms with Crippen LogP contribution in [0.1, 0.15) is 45.4 Å². The maximum absolute atomic E-state index is 12.7. The number of hydrogen-bond donors (Lipinski definition) is 0. The van der Waals surface area contributed by atoms with Gasteiger partial charge in [-0.05, 0) is 37.1 Å². The number of rotatable bonds is 4. The molecule has 0 unspecified atom stereocenters. The molecule has 26 heavy (non-hydrogen) atoms. The molecule has 136 valence electrons. The van der Waals surface area contributed by atoms with E-state index in [1.165, 1.54) is 13.5 Å². The minimum Gasteiger partial charge on any atom is -0.465 e. The molecule has 2 aliphatic rings. The summed E-state index contributed by atoms with van der Waals surface area (Å²) in [5, 5.41) is 0. The van der Waals surface area contributed by atoms with Crippen LogP contribution in [0, 0.1) is 0 Å². The Morgan fingerprint density at radius 2 is 1.81 bits per heavy atom. The van der Waals surface area contributed by atoms with Gasteiger partial charge in [-0.1, -0.05) is 0 Å². The van der Waals surface area contributed by atoms with E-state index in [0.717, 1.165) is 37.4 Å². The third-order valence-corrected chi connectivity index (χ3v) is 4.97. The fourth-order valence-corrected chi connectivity index (χ4v) is 3.29. The first kappa shape index (κ1) is 16.6. The van der Waals surface area contributed by atoms with E-state index in [2.05, 4.69) is 9.88 Å². The summed E-state index contributed by atoms with van der Waals surface area (Å²) in [5.41, 5.74) is 2.04.